The maximum absolute atomic E-state index is 11.3. The topological polar surface area (TPSA) is 82.1 Å². The summed E-state index contributed by atoms with van der Waals surface area (Å²) in [5, 5.41) is 8.84. The Morgan fingerprint density at radius 1 is 1.11 bits per heavy atom. The SMILES string of the molecule is CC(C)(C)OC(=O)OC(=O)Oc1ccc(CO)cc1. The first-order chi connectivity index (χ1) is 8.80. The van der Waals surface area contributed by atoms with Crippen LogP contribution in [0.1, 0.15) is 26.3 Å². The Hall–Kier alpha value is -2.08. The molecule has 0 saturated carbocycles. The molecular formula is C13H16O6. The predicted octanol–water partition coefficient (Wildman–Crippen LogP) is 2.63. The van der Waals surface area contributed by atoms with Gasteiger partial charge in [-0.05, 0) is 38.5 Å². The van der Waals surface area contributed by atoms with E-state index in [9.17, 15) is 9.59 Å². The van der Waals surface area contributed by atoms with Crippen LogP contribution in [0.15, 0.2) is 24.3 Å². The molecule has 19 heavy (non-hydrogen) atoms. The predicted molar refractivity (Wildman–Crippen MR) is 65.7 cm³/mol. The smallest absolute Gasteiger partial charge is 0.428 e. The fourth-order valence-corrected chi connectivity index (χ4v) is 1.12. The maximum atomic E-state index is 11.3. The minimum atomic E-state index is -1.18. The van der Waals surface area contributed by atoms with Crippen LogP contribution in [-0.2, 0) is 16.1 Å². The van der Waals surface area contributed by atoms with Gasteiger partial charge in [0.05, 0.1) is 6.61 Å². The third-order valence-corrected chi connectivity index (χ3v) is 1.86. The molecule has 0 heterocycles. The summed E-state index contributed by atoms with van der Waals surface area (Å²) < 4.78 is 13.9. The van der Waals surface area contributed by atoms with Crippen molar-refractivity contribution in [3.63, 3.8) is 0 Å². The zero-order valence-electron chi connectivity index (χ0n) is 11.0. The number of aliphatic hydroxyl groups is 1. The maximum Gasteiger partial charge on any atom is 0.524 e. The molecular weight excluding hydrogens is 252 g/mol. The molecule has 0 atom stereocenters. The van der Waals surface area contributed by atoms with Crippen LogP contribution in [-0.4, -0.2) is 23.0 Å². The number of hydrogen-bond acceptors (Lipinski definition) is 6. The summed E-state index contributed by atoms with van der Waals surface area (Å²) in [6.07, 6.45) is -2.30. The van der Waals surface area contributed by atoms with Crippen molar-refractivity contribution in [1.82, 2.24) is 0 Å². The lowest BCUT2D eigenvalue weighted by Gasteiger charge is -2.17. The third kappa shape index (κ3) is 5.87. The van der Waals surface area contributed by atoms with Crippen LogP contribution in [0.3, 0.4) is 0 Å². The van der Waals surface area contributed by atoms with E-state index in [1.165, 1.54) is 12.1 Å². The average molecular weight is 268 g/mol. The zero-order chi connectivity index (χ0) is 14.5. The van der Waals surface area contributed by atoms with Crippen LogP contribution in [0.2, 0.25) is 0 Å². The Kier molecular flexibility index (Phi) is 4.88. The first kappa shape index (κ1) is 15.0. The molecule has 0 aliphatic carbocycles. The van der Waals surface area contributed by atoms with E-state index in [2.05, 4.69) is 4.74 Å². The van der Waals surface area contributed by atoms with Crippen molar-refractivity contribution >= 4 is 12.3 Å². The van der Waals surface area contributed by atoms with Gasteiger partial charge in [-0.3, -0.25) is 0 Å². The lowest BCUT2D eigenvalue weighted by atomic mass is 10.2. The lowest BCUT2D eigenvalue weighted by molar-refractivity contribution is 0.00148. The van der Waals surface area contributed by atoms with E-state index in [1.807, 2.05) is 0 Å². The highest BCUT2D eigenvalue weighted by Crippen LogP contribution is 2.14. The van der Waals surface area contributed by atoms with Crippen LogP contribution in [0.4, 0.5) is 9.59 Å². The minimum absolute atomic E-state index is 0.108. The highest BCUT2D eigenvalue weighted by atomic mass is 16.8. The molecule has 1 aromatic carbocycles. The van der Waals surface area contributed by atoms with Gasteiger partial charge in [-0.25, -0.2) is 9.59 Å². The van der Waals surface area contributed by atoms with E-state index in [0.29, 0.717) is 5.56 Å². The molecule has 1 rings (SSSR count). The quantitative estimate of drug-likeness (QED) is 0.504. The molecule has 0 fully saturated rings. The van der Waals surface area contributed by atoms with Crippen LogP contribution in [0, 0.1) is 0 Å². The van der Waals surface area contributed by atoms with Crippen molar-refractivity contribution in [2.24, 2.45) is 0 Å². The van der Waals surface area contributed by atoms with Gasteiger partial charge in [-0.1, -0.05) is 12.1 Å². The number of aliphatic hydroxyl groups excluding tert-OH is 1. The van der Waals surface area contributed by atoms with E-state index in [0.717, 1.165) is 0 Å². The van der Waals surface area contributed by atoms with Crippen LogP contribution >= 0.6 is 0 Å². The highest BCUT2D eigenvalue weighted by Gasteiger charge is 2.21. The van der Waals surface area contributed by atoms with Crippen LogP contribution in [0.25, 0.3) is 0 Å². The summed E-state index contributed by atoms with van der Waals surface area (Å²) in [4.78, 5) is 22.4. The number of hydrogen-bond donors (Lipinski definition) is 1. The fourth-order valence-electron chi connectivity index (χ4n) is 1.12. The Morgan fingerprint density at radius 2 is 1.68 bits per heavy atom. The first-order valence-corrected chi connectivity index (χ1v) is 5.62. The Labute approximate surface area is 110 Å². The third-order valence-electron chi connectivity index (χ3n) is 1.86. The van der Waals surface area contributed by atoms with Gasteiger partial charge in [0.2, 0.25) is 0 Å². The first-order valence-electron chi connectivity index (χ1n) is 5.62. The summed E-state index contributed by atoms with van der Waals surface area (Å²) >= 11 is 0. The van der Waals surface area contributed by atoms with Gasteiger partial charge in [0, 0.05) is 0 Å². The highest BCUT2D eigenvalue weighted by molar-refractivity contribution is 5.78. The van der Waals surface area contributed by atoms with Gasteiger partial charge in [-0.2, -0.15) is 0 Å². The molecule has 0 radical (unpaired) electrons. The van der Waals surface area contributed by atoms with Gasteiger partial charge in [0.25, 0.3) is 0 Å². The molecule has 0 amide bonds. The Bertz CT molecular complexity index is 443. The van der Waals surface area contributed by atoms with Crippen molar-refractivity contribution in [2.45, 2.75) is 33.0 Å². The lowest BCUT2D eigenvalue weighted by Crippen LogP contribution is -2.27. The van der Waals surface area contributed by atoms with E-state index < -0.39 is 17.9 Å². The molecule has 0 spiro atoms. The zero-order valence-corrected chi connectivity index (χ0v) is 11.0. The summed E-state index contributed by atoms with van der Waals surface area (Å²) in [6, 6.07) is 6.11. The van der Waals surface area contributed by atoms with Gasteiger partial charge in [-0.15, -0.1) is 0 Å². The second kappa shape index (κ2) is 6.19. The molecule has 104 valence electrons. The average Bonchev–Trinajstić information content (AvgIpc) is 2.27. The van der Waals surface area contributed by atoms with E-state index in [1.54, 1.807) is 32.9 Å². The van der Waals surface area contributed by atoms with E-state index >= 15 is 0 Å². The molecule has 1 aromatic rings. The summed E-state index contributed by atoms with van der Waals surface area (Å²) in [5.74, 6) is 0.200. The number of benzene rings is 1. The van der Waals surface area contributed by atoms with Crippen molar-refractivity contribution in [3.8, 4) is 5.75 Å². The van der Waals surface area contributed by atoms with Gasteiger partial charge in [0.15, 0.2) is 0 Å². The molecule has 6 heteroatoms. The standard InChI is InChI=1S/C13H16O6/c1-13(2,3)19-12(16)18-11(15)17-10-6-4-9(8-14)5-7-10/h4-7,14H,8H2,1-3H3. The normalized spacial score (nSPS) is 10.7. The Balaban J connectivity index is 2.48. The van der Waals surface area contributed by atoms with Crippen molar-refractivity contribution in [2.75, 3.05) is 0 Å². The molecule has 1 N–H and O–H groups in total. The number of carbonyl (C=O) groups is 2. The van der Waals surface area contributed by atoms with Gasteiger partial charge < -0.3 is 19.3 Å². The second-order valence-electron chi connectivity index (χ2n) is 4.72. The van der Waals surface area contributed by atoms with Crippen LogP contribution < -0.4 is 4.74 Å². The molecule has 0 bridgehead atoms. The fraction of sp³-hybridized carbons (Fsp3) is 0.385. The molecule has 0 saturated heterocycles. The van der Waals surface area contributed by atoms with Crippen molar-refractivity contribution in [1.29, 1.82) is 0 Å². The van der Waals surface area contributed by atoms with E-state index in [-0.39, 0.29) is 12.4 Å². The molecule has 0 aromatic heterocycles. The van der Waals surface area contributed by atoms with Crippen LogP contribution in [0.5, 0.6) is 5.75 Å². The number of rotatable bonds is 2. The minimum Gasteiger partial charge on any atom is -0.428 e. The van der Waals surface area contributed by atoms with Gasteiger partial charge >= 0.3 is 12.3 Å². The monoisotopic (exact) mass is 268 g/mol. The number of carbonyl (C=O) groups excluding carboxylic acids is 2. The largest absolute Gasteiger partial charge is 0.524 e. The summed E-state index contributed by atoms with van der Waals surface area (Å²) in [6.45, 7) is 4.83. The molecule has 0 unspecified atom stereocenters. The number of ether oxygens (including phenoxy) is 3. The Morgan fingerprint density at radius 3 is 2.16 bits per heavy atom. The second-order valence-corrected chi connectivity index (χ2v) is 4.72. The van der Waals surface area contributed by atoms with Gasteiger partial charge in [0.1, 0.15) is 11.4 Å². The molecule has 0 aliphatic rings. The van der Waals surface area contributed by atoms with E-state index in [4.69, 9.17) is 14.6 Å². The molecule has 6 nitrogen and oxygen atoms in total. The van der Waals surface area contributed by atoms with Crippen molar-refractivity contribution in [3.05, 3.63) is 29.8 Å². The summed E-state index contributed by atoms with van der Waals surface area (Å²) in [7, 11) is 0. The molecule has 0 aliphatic heterocycles. The summed E-state index contributed by atoms with van der Waals surface area (Å²) in [5.41, 5.74) is -0.0759. The van der Waals surface area contributed by atoms with Crippen molar-refractivity contribution < 1.29 is 28.9 Å².